The molecule has 1 aromatic rings. The van der Waals surface area contributed by atoms with Crippen LogP contribution in [0, 0.1) is 5.92 Å². The minimum atomic E-state index is 0.00129. The highest BCUT2D eigenvalue weighted by Gasteiger charge is 2.13. The van der Waals surface area contributed by atoms with Gasteiger partial charge in [0.25, 0.3) is 0 Å². The molecule has 1 aromatic heterocycles. The first kappa shape index (κ1) is 13.6. The third-order valence-electron chi connectivity index (χ3n) is 2.89. The first-order chi connectivity index (χ1) is 8.13. The van der Waals surface area contributed by atoms with Gasteiger partial charge >= 0.3 is 0 Å². The first-order valence-corrected chi connectivity index (χ1v) is 5.92. The second-order valence-corrected chi connectivity index (χ2v) is 4.38. The second kappa shape index (κ2) is 7.01. The van der Waals surface area contributed by atoms with E-state index in [0.717, 1.165) is 5.56 Å². The maximum atomic E-state index is 11.6. The lowest BCUT2D eigenvalue weighted by Crippen LogP contribution is -2.38. The third-order valence-corrected chi connectivity index (χ3v) is 2.89. The van der Waals surface area contributed by atoms with Gasteiger partial charge in [0.2, 0.25) is 5.91 Å². The van der Waals surface area contributed by atoms with Gasteiger partial charge in [0, 0.05) is 31.5 Å². The number of aliphatic hydroxyl groups is 1. The van der Waals surface area contributed by atoms with Crippen molar-refractivity contribution in [3.8, 4) is 0 Å². The summed E-state index contributed by atoms with van der Waals surface area (Å²) in [6, 6.07) is 3.82. The Labute approximate surface area is 102 Å². The van der Waals surface area contributed by atoms with E-state index >= 15 is 0 Å². The second-order valence-electron chi connectivity index (χ2n) is 4.38. The summed E-state index contributed by atoms with van der Waals surface area (Å²) in [6.07, 6.45) is 4.63. The van der Waals surface area contributed by atoms with E-state index in [0.29, 0.717) is 12.8 Å². The highest BCUT2D eigenvalue weighted by Crippen LogP contribution is 2.03. The molecule has 1 rings (SSSR count). The molecule has 0 aliphatic heterocycles. The Hall–Kier alpha value is -1.42. The Morgan fingerprint density at radius 2 is 2.29 bits per heavy atom. The molecule has 0 aliphatic carbocycles. The molecule has 2 atom stereocenters. The molecule has 0 spiro atoms. The van der Waals surface area contributed by atoms with Crippen LogP contribution in [0.5, 0.6) is 0 Å². The largest absolute Gasteiger partial charge is 0.396 e. The molecule has 0 radical (unpaired) electrons. The van der Waals surface area contributed by atoms with Gasteiger partial charge in [0.05, 0.1) is 0 Å². The molecule has 0 fully saturated rings. The van der Waals surface area contributed by atoms with Gasteiger partial charge in [-0.1, -0.05) is 13.0 Å². The van der Waals surface area contributed by atoms with Crippen molar-refractivity contribution >= 4 is 5.91 Å². The van der Waals surface area contributed by atoms with Crippen LogP contribution in [0.15, 0.2) is 24.5 Å². The summed E-state index contributed by atoms with van der Waals surface area (Å²) in [5.74, 6) is 0.0963. The van der Waals surface area contributed by atoms with Gasteiger partial charge in [-0.2, -0.15) is 0 Å². The molecule has 0 aliphatic rings. The lowest BCUT2D eigenvalue weighted by Gasteiger charge is -2.19. The number of rotatable bonds is 6. The number of aromatic nitrogens is 1. The average molecular weight is 236 g/mol. The van der Waals surface area contributed by atoms with Crippen molar-refractivity contribution in [3.63, 3.8) is 0 Å². The lowest BCUT2D eigenvalue weighted by molar-refractivity contribution is -0.122. The quantitative estimate of drug-likeness (QED) is 0.778. The summed E-state index contributed by atoms with van der Waals surface area (Å²) in [7, 11) is 0. The van der Waals surface area contributed by atoms with E-state index < -0.39 is 0 Å². The predicted molar refractivity (Wildman–Crippen MR) is 66.4 cm³/mol. The smallest absolute Gasteiger partial charge is 0.220 e. The number of amides is 1. The van der Waals surface area contributed by atoms with Crippen molar-refractivity contribution < 1.29 is 9.90 Å². The number of aliphatic hydroxyl groups excluding tert-OH is 1. The van der Waals surface area contributed by atoms with Gasteiger partial charge in [0.15, 0.2) is 0 Å². The predicted octanol–water partition coefficient (Wildman–Crippen LogP) is 1.15. The molecular weight excluding hydrogens is 216 g/mol. The Kier molecular flexibility index (Phi) is 5.63. The number of carbonyl (C=O) groups excluding carboxylic acids is 1. The Balaban J connectivity index is 2.31. The first-order valence-electron chi connectivity index (χ1n) is 5.92. The van der Waals surface area contributed by atoms with Crippen LogP contribution in [-0.2, 0) is 11.2 Å². The van der Waals surface area contributed by atoms with Crippen LogP contribution in [-0.4, -0.2) is 28.6 Å². The molecule has 2 unspecified atom stereocenters. The van der Waals surface area contributed by atoms with Crippen molar-refractivity contribution in [2.24, 2.45) is 5.92 Å². The number of pyridine rings is 1. The number of hydrogen-bond acceptors (Lipinski definition) is 3. The molecule has 0 bridgehead atoms. The van der Waals surface area contributed by atoms with Crippen LogP contribution < -0.4 is 5.32 Å². The fraction of sp³-hybridized carbons (Fsp3) is 0.538. The normalized spacial score (nSPS) is 14.1. The lowest BCUT2D eigenvalue weighted by atomic mass is 10.0. The zero-order valence-electron chi connectivity index (χ0n) is 10.4. The topological polar surface area (TPSA) is 62.2 Å². The monoisotopic (exact) mass is 236 g/mol. The highest BCUT2D eigenvalue weighted by atomic mass is 16.3. The van der Waals surface area contributed by atoms with E-state index in [1.165, 1.54) is 0 Å². The van der Waals surface area contributed by atoms with E-state index in [9.17, 15) is 4.79 Å². The average Bonchev–Trinajstić information content (AvgIpc) is 2.36. The van der Waals surface area contributed by atoms with E-state index in [-0.39, 0.29) is 24.5 Å². The molecule has 94 valence electrons. The van der Waals surface area contributed by atoms with Crippen molar-refractivity contribution in [3.05, 3.63) is 30.1 Å². The van der Waals surface area contributed by atoms with Crippen LogP contribution in [0.3, 0.4) is 0 Å². The fourth-order valence-corrected chi connectivity index (χ4v) is 1.43. The fourth-order valence-electron chi connectivity index (χ4n) is 1.43. The number of carbonyl (C=O) groups is 1. The Morgan fingerprint density at radius 1 is 1.53 bits per heavy atom. The van der Waals surface area contributed by atoms with Crippen molar-refractivity contribution in [1.82, 2.24) is 10.3 Å². The molecule has 0 aromatic carbocycles. The maximum Gasteiger partial charge on any atom is 0.220 e. The molecule has 4 nitrogen and oxygen atoms in total. The van der Waals surface area contributed by atoms with E-state index in [4.69, 9.17) is 5.11 Å². The summed E-state index contributed by atoms with van der Waals surface area (Å²) >= 11 is 0. The molecule has 1 amide bonds. The minimum absolute atomic E-state index is 0.00129. The number of nitrogens with zero attached hydrogens (tertiary/aromatic N) is 1. The molecule has 1 heterocycles. The van der Waals surface area contributed by atoms with Crippen molar-refractivity contribution in [2.45, 2.75) is 32.7 Å². The third kappa shape index (κ3) is 4.95. The number of aryl methyl sites for hydroxylation is 1. The zero-order chi connectivity index (χ0) is 12.7. The Morgan fingerprint density at radius 3 is 2.88 bits per heavy atom. The van der Waals surface area contributed by atoms with Gasteiger partial charge in [-0.15, -0.1) is 0 Å². The molecule has 0 saturated carbocycles. The molecular formula is C13H20N2O2. The van der Waals surface area contributed by atoms with E-state index in [2.05, 4.69) is 10.3 Å². The van der Waals surface area contributed by atoms with Crippen LogP contribution in [0.2, 0.25) is 0 Å². The van der Waals surface area contributed by atoms with Crippen LogP contribution in [0.1, 0.15) is 25.8 Å². The van der Waals surface area contributed by atoms with Crippen LogP contribution in [0.25, 0.3) is 0 Å². The summed E-state index contributed by atoms with van der Waals surface area (Å²) in [6.45, 7) is 3.90. The summed E-state index contributed by atoms with van der Waals surface area (Å²) in [5, 5.41) is 11.8. The van der Waals surface area contributed by atoms with Gasteiger partial charge in [-0.25, -0.2) is 0 Å². The highest BCUT2D eigenvalue weighted by molar-refractivity contribution is 5.76. The molecule has 2 N–H and O–H groups in total. The van der Waals surface area contributed by atoms with Crippen LogP contribution in [0.4, 0.5) is 0 Å². The SMILES string of the molecule is CC(CO)C(C)NC(=O)CCc1cccnc1. The number of hydrogen-bond donors (Lipinski definition) is 2. The summed E-state index contributed by atoms with van der Waals surface area (Å²) < 4.78 is 0. The Bertz CT molecular complexity index is 341. The summed E-state index contributed by atoms with van der Waals surface area (Å²) in [5.41, 5.74) is 1.06. The minimum Gasteiger partial charge on any atom is -0.396 e. The van der Waals surface area contributed by atoms with Gasteiger partial charge in [0.1, 0.15) is 0 Å². The van der Waals surface area contributed by atoms with Gasteiger partial charge in [-0.3, -0.25) is 9.78 Å². The summed E-state index contributed by atoms with van der Waals surface area (Å²) in [4.78, 5) is 15.6. The van der Waals surface area contributed by atoms with E-state index in [1.807, 2.05) is 26.0 Å². The maximum absolute atomic E-state index is 11.6. The van der Waals surface area contributed by atoms with Crippen molar-refractivity contribution in [2.75, 3.05) is 6.61 Å². The van der Waals surface area contributed by atoms with Gasteiger partial charge in [-0.05, 0) is 30.9 Å². The molecule has 17 heavy (non-hydrogen) atoms. The molecule has 4 heteroatoms. The standard InChI is InChI=1S/C13H20N2O2/c1-10(9-16)11(2)15-13(17)6-5-12-4-3-7-14-8-12/h3-4,7-8,10-11,16H,5-6,9H2,1-2H3,(H,15,17). The van der Waals surface area contributed by atoms with Crippen LogP contribution >= 0.6 is 0 Å². The molecule has 0 saturated heterocycles. The van der Waals surface area contributed by atoms with Gasteiger partial charge < -0.3 is 10.4 Å². The van der Waals surface area contributed by atoms with Crippen molar-refractivity contribution in [1.29, 1.82) is 0 Å². The number of nitrogens with one attached hydrogen (secondary N) is 1. The van der Waals surface area contributed by atoms with E-state index in [1.54, 1.807) is 12.4 Å². The zero-order valence-corrected chi connectivity index (χ0v) is 10.4.